The molecular formula is C44H55B. The van der Waals surface area contributed by atoms with Crippen molar-refractivity contribution in [3.8, 4) is 23.5 Å². The Morgan fingerprint density at radius 1 is 0.489 bits per heavy atom. The highest BCUT2D eigenvalue weighted by Crippen LogP contribution is 2.61. The normalized spacial score (nSPS) is 17.8. The highest BCUT2D eigenvalue weighted by Gasteiger charge is 2.57. The first-order valence-corrected chi connectivity index (χ1v) is 18.2. The van der Waals surface area contributed by atoms with E-state index in [2.05, 4.69) is 146 Å². The summed E-state index contributed by atoms with van der Waals surface area (Å²) >= 11 is 0. The molecule has 0 saturated carbocycles. The van der Waals surface area contributed by atoms with Crippen LogP contribution in [-0.2, 0) is 21.7 Å². The van der Waals surface area contributed by atoms with E-state index in [1.54, 1.807) is 22.3 Å². The molecular weight excluding hydrogens is 539 g/mol. The van der Waals surface area contributed by atoms with E-state index in [9.17, 15) is 0 Å². The molecule has 0 saturated heterocycles. The Hall–Kier alpha value is -3.16. The van der Waals surface area contributed by atoms with E-state index >= 15 is 0 Å². The molecule has 3 aromatic rings. The standard InChI is InChI=1S/C44H55B/c1-9-41(10-2)32-43(13-5,14-6)38-36(41)31-37-39(44(15-7,16-8)33-42(37,11-3)12-4)40(38)45(29-27-34-23-19-17-20-24-34)30-28-35-25-21-18-22-26-35/h17-26,31H,9-16,32-33H2,1-8H3. The van der Waals surface area contributed by atoms with Gasteiger partial charge >= 0.3 is 6.71 Å². The Labute approximate surface area is 276 Å². The molecule has 0 heterocycles. The summed E-state index contributed by atoms with van der Waals surface area (Å²) < 4.78 is 0. The van der Waals surface area contributed by atoms with Crippen LogP contribution in [0.4, 0.5) is 0 Å². The summed E-state index contributed by atoms with van der Waals surface area (Å²) in [7, 11) is 0. The molecule has 0 radical (unpaired) electrons. The Bertz CT molecular complexity index is 1470. The lowest BCUT2D eigenvalue weighted by Crippen LogP contribution is -2.43. The van der Waals surface area contributed by atoms with Crippen molar-refractivity contribution in [2.24, 2.45) is 0 Å². The van der Waals surface area contributed by atoms with Gasteiger partial charge in [-0.2, -0.15) is 0 Å². The molecule has 1 heteroatoms. The second kappa shape index (κ2) is 13.3. The second-order valence-corrected chi connectivity index (χ2v) is 14.1. The number of benzene rings is 3. The lowest BCUT2D eigenvalue weighted by molar-refractivity contribution is 0.279. The molecule has 0 N–H and O–H groups in total. The Kier molecular flexibility index (Phi) is 9.81. The van der Waals surface area contributed by atoms with E-state index < -0.39 is 0 Å². The average molecular weight is 595 g/mol. The maximum absolute atomic E-state index is 3.86. The third-order valence-electron chi connectivity index (χ3n) is 12.9. The van der Waals surface area contributed by atoms with E-state index in [1.807, 2.05) is 0 Å². The summed E-state index contributed by atoms with van der Waals surface area (Å²) in [6, 6.07) is 23.9. The van der Waals surface area contributed by atoms with Gasteiger partial charge in [0.1, 0.15) is 0 Å². The largest absolute Gasteiger partial charge is 0.347 e. The topological polar surface area (TPSA) is 0 Å². The van der Waals surface area contributed by atoms with Crippen LogP contribution in [0.25, 0.3) is 0 Å². The van der Waals surface area contributed by atoms with Crippen molar-refractivity contribution in [2.45, 2.75) is 141 Å². The molecule has 0 atom stereocenters. The zero-order chi connectivity index (χ0) is 32.3. The van der Waals surface area contributed by atoms with Gasteiger partial charge in [-0.3, -0.25) is 0 Å². The van der Waals surface area contributed by atoms with Gasteiger partial charge in [-0.15, -0.1) is 11.6 Å². The summed E-state index contributed by atoms with van der Waals surface area (Å²) in [4.78, 5) is 0. The first-order valence-electron chi connectivity index (χ1n) is 18.2. The Morgan fingerprint density at radius 3 is 1.13 bits per heavy atom. The fraction of sp³-hybridized carbons (Fsp3) is 0.500. The predicted octanol–water partition coefficient (Wildman–Crippen LogP) is 10.6. The maximum Gasteiger partial charge on any atom is 0.347 e. The van der Waals surface area contributed by atoms with Gasteiger partial charge < -0.3 is 0 Å². The molecule has 5 rings (SSSR count). The number of hydrogen-bond acceptors (Lipinski definition) is 0. The van der Waals surface area contributed by atoms with E-state index in [-0.39, 0.29) is 28.4 Å². The summed E-state index contributed by atoms with van der Waals surface area (Å²) in [5.41, 5.74) is 10.9. The molecule has 0 unspecified atom stereocenters. The van der Waals surface area contributed by atoms with Crippen molar-refractivity contribution >= 4 is 12.2 Å². The van der Waals surface area contributed by atoms with Crippen molar-refractivity contribution in [1.29, 1.82) is 0 Å². The molecule has 0 aliphatic heterocycles. The summed E-state index contributed by atoms with van der Waals surface area (Å²) in [5.74, 6) is 15.0. The van der Waals surface area contributed by atoms with E-state index in [1.165, 1.54) is 44.0 Å². The number of hydrogen-bond donors (Lipinski definition) is 0. The molecule has 0 nitrogen and oxygen atoms in total. The van der Waals surface area contributed by atoms with Crippen molar-refractivity contribution in [1.82, 2.24) is 0 Å². The van der Waals surface area contributed by atoms with Crippen LogP contribution in [0.1, 0.15) is 153 Å². The minimum atomic E-state index is -0.155. The van der Waals surface area contributed by atoms with Gasteiger partial charge in [0, 0.05) is 11.1 Å². The Balaban J connectivity index is 1.98. The van der Waals surface area contributed by atoms with Gasteiger partial charge in [-0.1, -0.05) is 110 Å². The van der Waals surface area contributed by atoms with Crippen molar-refractivity contribution < 1.29 is 0 Å². The fourth-order valence-corrected chi connectivity index (χ4v) is 9.64. The molecule has 234 valence electrons. The van der Waals surface area contributed by atoms with Gasteiger partial charge in [0.15, 0.2) is 0 Å². The van der Waals surface area contributed by atoms with E-state index in [0.29, 0.717) is 0 Å². The first kappa shape index (κ1) is 33.2. The third kappa shape index (κ3) is 5.40. The zero-order valence-electron chi connectivity index (χ0n) is 29.5. The molecule has 0 spiro atoms. The van der Waals surface area contributed by atoms with Gasteiger partial charge in [0.05, 0.1) is 0 Å². The molecule has 3 aromatic carbocycles. The van der Waals surface area contributed by atoms with E-state index in [4.69, 9.17) is 0 Å². The van der Waals surface area contributed by atoms with Crippen molar-refractivity contribution in [2.75, 3.05) is 0 Å². The molecule has 45 heavy (non-hydrogen) atoms. The molecule has 0 bridgehead atoms. The average Bonchev–Trinajstić information content (AvgIpc) is 3.57. The highest BCUT2D eigenvalue weighted by atomic mass is 14.6. The van der Waals surface area contributed by atoms with Crippen LogP contribution < -0.4 is 5.46 Å². The zero-order valence-corrected chi connectivity index (χ0v) is 29.5. The van der Waals surface area contributed by atoms with Crippen LogP contribution in [0.5, 0.6) is 0 Å². The molecule has 0 aromatic heterocycles. The maximum atomic E-state index is 3.86. The third-order valence-corrected chi connectivity index (χ3v) is 12.9. The monoisotopic (exact) mass is 594 g/mol. The summed E-state index contributed by atoms with van der Waals surface area (Å²) in [6.45, 7) is 19.4. The number of rotatable bonds is 9. The summed E-state index contributed by atoms with van der Waals surface area (Å²) in [5, 5.41) is 0. The van der Waals surface area contributed by atoms with Crippen LogP contribution in [0.15, 0.2) is 66.7 Å². The van der Waals surface area contributed by atoms with Crippen LogP contribution in [0.2, 0.25) is 0 Å². The molecule has 2 aliphatic carbocycles. The molecule has 0 fully saturated rings. The SMILES string of the molecule is CCC1(CC)CC(CC)(CC)c2c1cc1c(c2B(C#Cc2ccccc2)C#Cc2ccccc2)C(CC)(CC)CC1(CC)CC. The lowest BCUT2D eigenvalue weighted by Gasteiger charge is -2.36. The summed E-state index contributed by atoms with van der Waals surface area (Å²) in [6.07, 6.45) is 11.9. The van der Waals surface area contributed by atoms with Gasteiger partial charge in [-0.05, 0) is 138 Å². The van der Waals surface area contributed by atoms with Crippen LogP contribution in [-0.4, -0.2) is 6.71 Å². The minimum absolute atomic E-state index is 0.143. The second-order valence-electron chi connectivity index (χ2n) is 14.1. The van der Waals surface area contributed by atoms with Crippen LogP contribution in [0.3, 0.4) is 0 Å². The van der Waals surface area contributed by atoms with Crippen LogP contribution in [0, 0.1) is 23.5 Å². The van der Waals surface area contributed by atoms with Crippen LogP contribution >= 0.6 is 0 Å². The minimum Gasteiger partial charge on any atom is -0.125 e. The highest BCUT2D eigenvalue weighted by molar-refractivity contribution is 6.88. The van der Waals surface area contributed by atoms with Gasteiger partial charge in [-0.25, -0.2) is 0 Å². The predicted molar refractivity (Wildman–Crippen MR) is 197 cm³/mol. The fourth-order valence-electron chi connectivity index (χ4n) is 9.64. The van der Waals surface area contributed by atoms with Gasteiger partial charge in [0.2, 0.25) is 0 Å². The first-order chi connectivity index (χ1) is 21.8. The molecule has 0 amide bonds. The Morgan fingerprint density at radius 2 is 0.822 bits per heavy atom. The van der Waals surface area contributed by atoms with Gasteiger partial charge in [0.25, 0.3) is 0 Å². The van der Waals surface area contributed by atoms with Crippen molar-refractivity contribution in [3.63, 3.8) is 0 Å². The molecule has 2 aliphatic rings. The van der Waals surface area contributed by atoms with E-state index in [0.717, 1.165) is 36.8 Å². The number of fused-ring (bicyclic) bond motifs is 2. The quantitative estimate of drug-likeness (QED) is 0.171. The lowest BCUT2D eigenvalue weighted by atomic mass is 9.41. The van der Waals surface area contributed by atoms with Crippen molar-refractivity contribution in [3.05, 3.63) is 100 Å². The smallest absolute Gasteiger partial charge is 0.125 e.